The van der Waals surface area contributed by atoms with Gasteiger partial charge in [-0.25, -0.2) is 4.79 Å². The Bertz CT molecular complexity index is 298. The molecule has 2 aliphatic rings. The maximum absolute atomic E-state index is 10.7. The lowest BCUT2D eigenvalue weighted by molar-refractivity contribution is -0.132. The van der Waals surface area contributed by atoms with E-state index in [2.05, 4.69) is 16.4 Å². The summed E-state index contributed by atoms with van der Waals surface area (Å²) in [6, 6.07) is 0.636. The molecule has 2 fully saturated rings. The third-order valence-electron chi connectivity index (χ3n) is 3.87. The summed E-state index contributed by atoms with van der Waals surface area (Å²) in [6.45, 7) is 8.57. The molecule has 96 valence electrons. The fourth-order valence-electron chi connectivity index (χ4n) is 2.87. The minimum Gasteiger partial charge on any atom is -0.478 e. The molecule has 2 rings (SSSR count). The van der Waals surface area contributed by atoms with Gasteiger partial charge in [0, 0.05) is 31.2 Å². The molecule has 0 aromatic rings. The number of rotatable bonds is 4. The van der Waals surface area contributed by atoms with Crippen molar-refractivity contribution in [2.24, 2.45) is 0 Å². The van der Waals surface area contributed by atoms with Gasteiger partial charge in [0.25, 0.3) is 0 Å². The van der Waals surface area contributed by atoms with Crippen LogP contribution in [0.4, 0.5) is 0 Å². The normalized spacial score (nSPS) is 27.2. The molecular formula is C13H22N2O2. The monoisotopic (exact) mass is 238 g/mol. The van der Waals surface area contributed by atoms with E-state index in [4.69, 9.17) is 5.11 Å². The number of carboxylic acids is 1. The van der Waals surface area contributed by atoms with Crippen molar-refractivity contribution >= 4 is 5.97 Å². The van der Waals surface area contributed by atoms with Crippen LogP contribution in [-0.2, 0) is 4.79 Å². The first kappa shape index (κ1) is 12.6. The number of nitrogens with zero attached hydrogens (tertiary/aromatic N) is 2. The van der Waals surface area contributed by atoms with Crippen LogP contribution >= 0.6 is 0 Å². The minimum absolute atomic E-state index is 0.310. The Hall–Kier alpha value is -0.870. The van der Waals surface area contributed by atoms with Gasteiger partial charge >= 0.3 is 5.97 Å². The van der Waals surface area contributed by atoms with Crippen LogP contribution in [-0.4, -0.2) is 59.6 Å². The maximum atomic E-state index is 10.7. The molecule has 0 aromatic carbocycles. The van der Waals surface area contributed by atoms with Crippen molar-refractivity contribution in [3.63, 3.8) is 0 Å². The molecule has 17 heavy (non-hydrogen) atoms. The summed E-state index contributed by atoms with van der Waals surface area (Å²) >= 11 is 0. The molecule has 0 amide bonds. The molecule has 1 atom stereocenters. The van der Waals surface area contributed by atoms with E-state index in [9.17, 15) is 4.79 Å². The van der Waals surface area contributed by atoms with E-state index in [1.807, 2.05) is 0 Å². The zero-order valence-corrected chi connectivity index (χ0v) is 10.4. The number of likely N-dealkylation sites (tertiary alicyclic amines) is 2. The molecule has 0 aliphatic carbocycles. The van der Waals surface area contributed by atoms with Gasteiger partial charge in [0.15, 0.2) is 0 Å². The lowest BCUT2D eigenvalue weighted by Crippen LogP contribution is -2.41. The second kappa shape index (κ2) is 5.65. The maximum Gasteiger partial charge on any atom is 0.332 e. The minimum atomic E-state index is -0.869. The first-order valence-corrected chi connectivity index (χ1v) is 6.54. The van der Waals surface area contributed by atoms with Crippen molar-refractivity contribution in [1.82, 2.24) is 9.80 Å². The Kier molecular flexibility index (Phi) is 4.18. The van der Waals surface area contributed by atoms with Crippen LogP contribution in [0.2, 0.25) is 0 Å². The second-order valence-corrected chi connectivity index (χ2v) is 5.18. The molecule has 0 aromatic heterocycles. The van der Waals surface area contributed by atoms with Crippen molar-refractivity contribution in [1.29, 1.82) is 0 Å². The van der Waals surface area contributed by atoms with Crippen LogP contribution in [0.3, 0.4) is 0 Å². The third kappa shape index (κ3) is 3.30. The van der Waals surface area contributed by atoms with Gasteiger partial charge in [-0.3, -0.25) is 9.80 Å². The number of carboxylic acid groups (broad SMARTS) is 1. The molecule has 0 bridgehead atoms. The molecule has 2 aliphatic heterocycles. The Labute approximate surface area is 103 Å². The van der Waals surface area contributed by atoms with Gasteiger partial charge in [-0.2, -0.15) is 0 Å². The quantitative estimate of drug-likeness (QED) is 0.747. The summed E-state index contributed by atoms with van der Waals surface area (Å²) in [4.78, 5) is 15.5. The lowest BCUT2D eigenvalue weighted by atomic mass is 10.1. The van der Waals surface area contributed by atoms with Gasteiger partial charge in [-0.1, -0.05) is 13.0 Å². The highest BCUT2D eigenvalue weighted by atomic mass is 16.4. The van der Waals surface area contributed by atoms with Crippen LogP contribution in [0.25, 0.3) is 0 Å². The van der Waals surface area contributed by atoms with Gasteiger partial charge in [-0.05, 0) is 32.4 Å². The van der Waals surface area contributed by atoms with E-state index in [1.54, 1.807) is 0 Å². The van der Waals surface area contributed by atoms with Crippen LogP contribution in [0, 0.1) is 0 Å². The van der Waals surface area contributed by atoms with E-state index in [1.165, 1.54) is 38.8 Å². The highest BCUT2D eigenvalue weighted by molar-refractivity contribution is 5.86. The van der Waals surface area contributed by atoms with Gasteiger partial charge in [0.1, 0.15) is 0 Å². The number of hydrogen-bond acceptors (Lipinski definition) is 3. The molecule has 2 saturated heterocycles. The van der Waals surface area contributed by atoms with E-state index in [0.29, 0.717) is 18.2 Å². The van der Waals surface area contributed by atoms with Crippen LogP contribution < -0.4 is 0 Å². The van der Waals surface area contributed by atoms with Crippen molar-refractivity contribution in [3.05, 3.63) is 12.2 Å². The molecule has 0 radical (unpaired) electrons. The van der Waals surface area contributed by atoms with Gasteiger partial charge in [0.2, 0.25) is 0 Å². The average Bonchev–Trinajstić information content (AvgIpc) is 2.78. The van der Waals surface area contributed by atoms with E-state index in [0.717, 1.165) is 13.1 Å². The molecule has 1 unspecified atom stereocenters. The summed E-state index contributed by atoms with van der Waals surface area (Å²) in [5.74, 6) is -0.869. The van der Waals surface area contributed by atoms with Crippen molar-refractivity contribution < 1.29 is 9.90 Å². The first-order valence-electron chi connectivity index (χ1n) is 6.54. The topological polar surface area (TPSA) is 43.8 Å². The molecule has 4 nitrogen and oxygen atoms in total. The van der Waals surface area contributed by atoms with Gasteiger partial charge in [0.05, 0.1) is 0 Å². The van der Waals surface area contributed by atoms with Crippen LogP contribution in [0.15, 0.2) is 12.2 Å². The largest absolute Gasteiger partial charge is 0.478 e. The second-order valence-electron chi connectivity index (χ2n) is 5.18. The summed E-state index contributed by atoms with van der Waals surface area (Å²) < 4.78 is 0. The standard InChI is InChI=1S/C13H22N2O2/c1-11(13(16)17)9-14-8-5-12(10-14)15-6-3-2-4-7-15/h12H,1-10H2,(H,16,17). The van der Waals surface area contributed by atoms with E-state index >= 15 is 0 Å². The van der Waals surface area contributed by atoms with Crippen molar-refractivity contribution in [2.45, 2.75) is 31.7 Å². The molecule has 0 spiro atoms. The van der Waals surface area contributed by atoms with Gasteiger partial charge in [-0.15, -0.1) is 0 Å². The highest BCUT2D eigenvalue weighted by Crippen LogP contribution is 2.20. The number of hydrogen-bond donors (Lipinski definition) is 1. The number of carbonyl (C=O) groups is 1. The smallest absolute Gasteiger partial charge is 0.332 e. The Balaban J connectivity index is 1.78. The predicted molar refractivity (Wildman–Crippen MR) is 67.0 cm³/mol. The summed E-state index contributed by atoms with van der Waals surface area (Å²) in [5, 5.41) is 8.82. The third-order valence-corrected chi connectivity index (χ3v) is 3.87. The van der Waals surface area contributed by atoms with E-state index in [-0.39, 0.29) is 0 Å². The lowest BCUT2D eigenvalue weighted by Gasteiger charge is -2.32. The number of piperidine rings is 1. The molecule has 0 saturated carbocycles. The summed E-state index contributed by atoms with van der Waals surface area (Å²) in [7, 11) is 0. The Morgan fingerprint density at radius 3 is 2.59 bits per heavy atom. The van der Waals surface area contributed by atoms with E-state index < -0.39 is 5.97 Å². The fraction of sp³-hybridized carbons (Fsp3) is 0.769. The SMILES string of the molecule is C=C(CN1CCC(N2CCCCC2)C1)C(=O)O. The number of aliphatic carboxylic acids is 1. The Morgan fingerprint density at radius 2 is 1.94 bits per heavy atom. The fourth-order valence-corrected chi connectivity index (χ4v) is 2.87. The molecule has 2 heterocycles. The Morgan fingerprint density at radius 1 is 1.24 bits per heavy atom. The van der Waals surface area contributed by atoms with Gasteiger partial charge < -0.3 is 5.11 Å². The average molecular weight is 238 g/mol. The summed E-state index contributed by atoms with van der Waals surface area (Å²) in [5.41, 5.74) is 0.310. The molecule has 4 heteroatoms. The van der Waals surface area contributed by atoms with Crippen molar-refractivity contribution in [3.8, 4) is 0 Å². The highest BCUT2D eigenvalue weighted by Gasteiger charge is 2.28. The van der Waals surface area contributed by atoms with Crippen molar-refractivity contribution in [2.75, 3.05) is 32.7 Å². The van der Waals surface area contributed by atoms with Crippen LogP contribution in [0.5, 0.6) is 0 Å². The predicted octanol–water partition coefficient (Wildman–Crippen LogP) is 1.19. The van der Waals surface area contributed by atoms with Crippen LogP contribution in [0.1, 0.15) is 25.7 Å². The zero-order chi connectivity index (χ0) is 12.3. The molecule has 1 N–H and O–H groups in total. The first-order chi connectivity index (χ1) is 8.16. The summed E-state index contributed by atoms with van der Waals surface area (Å²) in [6.07, 6.45) is 5.17. The zero-order valence-electron chi connectivity index (χ0n) is 10.4. The molecular weight excluding hydrogens is 216 g/mol.